The monoisotopic (exact) mass is 382 g/mol. The summed E-state index contributed by atoms with van der Waals surface area (Å²) in [6.45, 7) is 0.385. The highest BCUT2D eigenvalue weighted by molar-refractivity contribution is 14.1. The summed E-state index contributed by atoms with van der Waals surface area (Å²) in [7, 11) is 0. The molecule has 2 aromatic rings. The van der Waals surface area contributed by atoms with Gasteiger partial charge in [-0.2, -0.15) is 0 Å². The molecule has 0 saturated heterocycles. The van der Waals surface area contributed by atoms with Crippen LogP contribution in [-0.2, 0) is 11.3 Å². The van der Waals surface area contributed by atoms with Gasteiger partial charge in [0.1, 0.15) is 11.8 Å². The van der Waals surface area contributed by atoms with Crippen LogP contribution in [0.15, 0.2) is 54.2 Å². The Morgan fingerprint density at radius 3 is 2.85 bits per heavy atom. The Kier molecular flexibility index (Phi) is 4.99. The quantitative estimate of drug-likeness (QED) is 0.378. The highest BCUT2D eigenvalue weighted by Gasteiger charge is 2.00. The van der Waals surface area contributed by atoms with Crippen molar-refractivity contribution in [1.82, 2.24) is 14.5 Å². The molecule has 20 heavy (non-hydrogen) atoms. The molecule has 0 spiro atoms. The Balaban J connectivity index is 2.35. The number of nitrogens with zero attached hydrogens (tertiary/aromatic N) is 4. The third-order valence-corrected chi connectivity index (χ3v) is 2.68. The Morgan fingerprint density at radius 2 is 2.15 bits per heavy atom. The van der Waals surface area contributed by atoms with Gasteiger partial charge in [-0.1, -0.05) is 6.07 Å². The summed E-state index contributed by atoms with van der Waals surface area (Å²) in [4.78, 5) is 23.2. The van der Waals surface area contributed by atoms with E-state index in [-0.39, 0.29) is 9.67 Å². The number of allylic oxidation sites excluding steroid dienone is 1. The van der Waals surface area contributed by atoms with E-state index in [0.29, 0.717) is 12.0 Å². The highest BCUT2D eigenvalue weighted by atomic mass is 127. The Labute approximate surface area is 128 Å². The lowest BCUT2D eigenvalue weighted by Crippen LogP contribution is -2.19. The van der Waals surface area contributed by atoms with Gasteiger partial charge in [0.15, 0.2) is 0 Å². The van der Waals surface area contributed by atoms with Crippen molar-refractivity contribution in [2.24, 2.45) is 4.99 Å². The summed E-state index contributed by atoms with van der Waals surface area (Å²) >= 11 is 1.59. The van der Waals surface area contributed by atoms with Crippen LogP contribution < -0.4 is 5.49 Å². The van der Waals surface area contributed by atoms with E-state index in [1.54, 1.807) is 59.4 Å². The average molecular weight is 382 g/mol. The minimum absolute atomic E-state index is 0.173. The normalized spacial score (nSPS) is 12.4. The van der Waals surface area contributed by atoms with Crippen molar-refractivity contribution >= 4 is 32.3 Å². The number of hydrogen-bond acceptors (Lipinski definition) is 5. The molecule has 2 rings (SSSR count). The van der Waals surface area contributed by atoms with Crippen LogP contribution >= 0.6 is 22.6 Å². The summed E-state index contributed by atoms with van der Waals surface area (Å²) in [5, 5.41) is 9.88. The van der Waals surface area contributed by atoms with Gasteiger partial charge in [0.05, 0.1) is 12.6 Å². The number of aliphatic hydroxyl groups excluding tert-OH is 1. The van der Waals surface area contributed by atoms with E-state index in [9.17, 15) is 9.90 Å². The van der Waals surface area contributed by atoms with Crippen molar-refractivity contribution in [2.75, 3.05) is 0 Å². The molecule has 0 amide bonds. The van der Waals surface area contributed by atoms with Crippen molar-refractivity contribution in [1.29, 1.82) is 0 Å². The zero-order valence-electron chi connectivity index (χ0n) is 10.3. The predicted molar refractivity (Wildman–Crippen MR) is 81.7 cm³/mol. The summed E-state index contributed by atoms with van der Waals surface area (Å²) < 4.78 is 1.17. The van der Waals surface area contributed by atoms with Crippen LogP contribution in [-0.4, -0.2) is 23.4 Å². The fourth-order valence-corrected chi connectivity index (χ4v) is 1.79. The summed E-state index contributed by atoms with van der Waals surface area (Å²) in [5.41, 5.74) is 1.39. The highest BCUT2D eigenvalue weighted by Crippen LogP contribution is 2.00. The van der Waals surface area contributed by atoms with Crippen molar-refractivity contribution in [3.63, 3.8) is 0 Å². The van der Waals surface area contributed by atoms with Gasteiger partial charge in [-0.25, -0.2) is 9.97 Å². The smallest absolute Gasteiger partial charge is 0.220 e. The van der Waals surface area contributed by atoms with E-state index in [2.05, 4.69) is 15.0 Å². The van der Waals surface area contributed by atoms with Crippen molar-refractivity contribution < 1.29 is 9.90 Å². The van der Waals surface area contributed by atoms with Crippen LogP contribution in [0.4, 0.5) is 0 Å². The lowest BCUT2D eigenvalue weighted by atomic mass is 10.3. The van der Waals surface area contributed by atoms with Crippen molar-refractivity contribution in [3.05, 3.63) is 60.2 Å². The fraction of sp³-hybridized carbons (Fsp3) is 0.0769. The first-order valence-corrected chi connectivity index (χ1v) is 6.77. The zero-order chi connectivity index (χ0) is 14.4. The van der Waals surface area contributed by atoms with E-state index >= 15 is 0 Å². The second kappa shape index (κ2) is 6.94. The molecule has 7 heteroatoms. The molecule has 0 saturated carbocycles. The molecule has 0 unspecified atom stereocenters. The van der Waals surface area contributed by atoms with Crippen LogP contribution in [0.2, 0.25) is 0 Å². The van der Waals surface area contributed by atoms with Gasteiger partial charge in [-0.05, 0) is 12.1 Å². The molecular formula is C13H11IN4O2. The van der Waals surface area contributed by atoms with Gasteiger partial charge >= 0.3 is 0 Å². The van der Waals surface area contributed by atoms with Gasteiger partial charge in [-0.15, -0.1) is 0 Å². The summed E-state index contributed by atoms with van der Waals surface area (Å²) in [5.74, 6) is -0.173. The predicted octanol–water partition coefficient (Wildman–Crippen LogP) is 1.70. The molecule has 0 aliphatic rings. The van der Waals surface area contributed by atoms with Crippen LogP contribution in [0.25, 0.3) is 5.88 Å². The fourth-order valence-electron chi connectivity index (χ4n) is 1.51. The minimum atomic E-state index is -0.265. The van der Waals surface area contributed by atoms with E-state index in [1.165, 1.54) is 10.9 Å². The number of carbonyl (C=O) groups is 1. The SMILES string of the molecule is O=C(I)C=C(O)n1ccccc1=NCc1cncnc1. The van der Waals surface area contributed by atoms with Crippen LogP contribution in [0.5, 0.6) is 0 Å². The number of rotatable bonds is 4. The second-order valence-corrected chi connectivity index (χ2v) is 4.86. The summed E-state index contributed by atoms with van der Waals surface area (Å²) in [6.07, 6.45) is 7.56. The standard InChI is InChI=1S/C13H11IN4O2/c14-11(19)5-13(20)18-4-2-1-3-12(18)17-8-10-6-15-9-16-7-10/h1-7,9,20H,8H2. The van der Waals surface area contributed by atoms with Crippen LogP contribution in [0.1, 0.15) is 5.56 Å². The largest absolute Gasteiger partial charge is 0.494 e. The summed E-state index contributed by atoms with van der Waals surface area (Å²) in [6, 6.07) is 5.29. The molecule has 6 nitrogen and oxygen atoms in total. The molecule has 0 radical (unpaired) electrons. The topological polar surface area (TPSA) is 80.4 Å². The van der Waals surface area contributed by atoms with Crippen molar-refractivity contribution in [2.45, 2.75) is 6.54 Å². The Morgan fingerprint density at radius 1 is 1.40 bits per heavy atom. The molecule has 2 aromatic heterocycles. The van der Waals surface area contributed by atoms with E-state index in [0.717, 1.165) is 11.6 Å². The van der Waals surface area contributed by atoms with Gasteiger partial charge < -0.3 is 5.11 Å². The van der Waals surface area contributed by atoms with Gasteiger partial charge in [0.25, 0.3) is 0 Å². The van der Waals surface area contributed by atoms with Gasteiger partial charge in [0, 0.05) is 46.7 Å². The maximum absolute atomic E-state index is 11.0. The van der Waals surface area contributed by atoms with E-state index < -0.39 is 0 Å². The van der Waals surface area contributed by atoms with E-state index in [1.807, 2.05) is 0 Å². The lowest BCUT2D eigenvalue weighted by Gasteiger charge is -2.05. The molecular weight excluding hydrogens is 371 g/mol. The van der Waals surface area contributed by atoms with Gasteiger partial charge in [0.2, 0.25) is 9.67 Å². The Bertz CT molecular complexity index is 695. The zero-order valence-corrected chi connectivity index (χ0v) is 12.5. The maximum Gasteiger partial charge on any atom is 0.220 e. The molecule has 0 atom stereocenters. The number of carbonyl (C=O) groups excluding carboxylic acids is 1. The first-order valence-electron chi connectivity index (χ1n) is 5.69. The molecule has 0 aliphatic carbocycles. The number of halogens is 1. The first kappa shape index (κ1) is 14.4. The lowest BCUT2D eigenvalue weighted by molar-refractivity contribution is -0.105. The molecule has 0 fully saturated rings. The molecule has 0 aromatic carbocycles. The van der Waals surface area contributed by atoms with Crippen LogP contribution in [0, 0.1) is 0 Å². The van der Waals surface area contributed by atoms with E-state index in [4.69, 9.17) is 0 Å². The van der Waals surface area contributed by atoms with Crippen LogP contribution in [0.3, 0.4) is 0 Å². The number of hydrogen-bond donors (Lipinski definition) is 1. The number of pyridine rings is 1. The third kappa shape index (κ3) is 3.98. The molecule has 1 N–H and O–H groups in total. The average Bonchev–Trinajstić information content (AvgIpc) is 2.46. The second-order valence-electron chi connectivity index (χ2n) is 3.80. The Hall–Kier alpha value is -2.03. The molecule has 0 bridgehead atoms. The van der Waals surface area contributed by atoms with Gasteiger partial charge in [-0.3, -0.25) is 14.4 Å². The molecule has 2 heterocycles. The number of aliphatic hydroxyl groups is 1. The minimum Gasteiger partial charge on any atom is -0.494 e. The third-order valence-electron chi connectivity index (χ3n) is 2.37. The number of aromatic nitrogens is 3. The first-order chi connectivity index (χ1) is 9.66. The maximum atomic E-state index is 11.0. The molecule has 102 valence electrons. The molecule has 0 aliphatic heterocycles. The van der Waals surface area contributed by atoms with Crippen molar-refractivity contribution in [3.8, 4) is 0 Å².